The molecule has 1 heterocycles. The Hall–Kier alpha value is -2.97. The summed E-state index contributed by atoms with van der Waals surface area (Å²) in [5.41, 5.74) is 1.83. The van der Waals surface area contributed by atoms with Gasteiger partial charge in [0.05, 0.1) is 0 Å². The summed E-state index contributed by atoms with van der Waals surface area (Å²) in [4.78, 5) is 15.2. The number of rotatable bonds is 20. The third kappa shape index (κ3) is 10.5. The van der Waals surface area contributed by atoms with E-state index in [1.165, 1.54) is 44.9 Å². The molecule has 0 unspecified atom stereocenters. The van der Waals surface area contributed by atoms with Crippen molar-refractivity contribution >= 4 is 29.2 Å². The van der Waals surface area contributed by atoms with E-state index in [2.05, 4.69) is 18.2 Å². The minimum absolute atomic E-state index is 0.304. The van der Waals surface area contributed by atoms with Crippen molar-refractivity contribution < 1.29 is 14.5 Å². The molecule has 0 saturated heterocycles. The second kappa shape index (κ2) is 18.4. The quantitative estimate of drug-likeness (QED) is 0.0858. The molecule has 0 aliphatic carbocycles. The number of carboxylic acids is 1. The molecule has 3 aromatic rings. The highest BCUT2D eigenvalue weighted by molar-refractivity contribution is 7.85. The third-order valence-electron chi connectivity index (χ3n) is 7.40. The average Bonchev–Trinajstić information content (AvgIpc) is 2.99. The maximum Gasteiger partial charge on any atom is 0.303 e. The van der Waals surface area contributed by atoms with E-state index in [0.717, 1.165) is 66.6 Å². The van der Waals surface area contributed by atoms with Crippen LogP contribution in [0.15, 0.2) is 91.1 Å². The van der Waals surface area contributed by atoms with Crippen molar-refractivity contribution in [3.05, 3.63) is 96.7 Å². The van der Waals surface area contributed by atoms with Gasteiger partial charge >= 0.3 is 5.97 Å². The lowest BCUT2D eigenvalue weighted by Crippen LogP contribution is -2.29. The lowest BCUT2D eigenvalue weighted by molar-refractivity contribution is -0.137. The van der Waals surface area contributed by atoms with E-state index in [-0.39, 0.29) is 0 Å². The number of aryl methyl sites for hydroxylation is 1. The molecule has 40 heavy (non-hydrogen) atoms. The molecule has 3 rings (SSSR count). The number of hydrogen-bond acceptors (Lipinski definition) is 3. The lowest BCUT2D eigenvalue weighted by Gasteiger charge is -2.21. The van der Waals surface area contributed by atoms with Gasteiger partial charge in [-0.3, -0.25) is 9.78 Å². The van der Waals surface area contributed by atoms with Crippen LogP contribution in [0, 0.1) is 0 Å². The predicted molar refractivity (Wildman–Crippen MR) is 169 cm³/mol. The summed E-state index contributed by atoms with van der Waals surface area (Å²) in [6.07, 6.45) is 22.5. The largest absolute Gasteiger partial charge is 0.481 e. The van der Waals surface area contributed by atoms with E-state index in [1.54, 1.807) is 6.20 Å². The van der Waals surface area contributed by atoms with Crippen molar-refractivity contribution in [2.75, 3.05) is 0 Å². The molecular weight excluding hydrogens is 513 g/mol. The summed E-state index contributed by atoms with van der Waals surface area (Å²) in [5, 5.41) is 10.3. The first-order chi connectivity index (χ1) is 19.6. The number of unbranched alkanes of at least 4 members (excludes halogenated alkanes) is 11. The highest BCUT2D eigenvalue weighted by Gasteiger charge is 2.32. The zero-order valence-electron chi connectivity index (χ0n) is 23.9. The van der Waals surface area contributed by atoms with Crippen molar-refractivity contribution in [2.24, 2.45) is 0 Å². The molecule has 1 aromatic heterocycles. The Morgan fingerprint density at radius 1 is 0.650 bits per heavy atom. The van der Waals surface area contributed by atoms with Crippen LogP contribution in [0.3, 0.4) is 0 Å². The Morgan fingerprint density at radius 3 is 1.70 bits per heavy atom. The summed E-state index contributed by atoms with van der Waals surface area (Å²) in [6.45, 7) is 0. The first-order valence-electron chi connectivity index (χ1n) is 15.1. The molecule has 0 aliphatic heterocycles. The fraction of sp³-hybridized carbons (Fsp3) is 0.429. The van der Waals surface area contributed by atoms with Crippen LogP contribution >= 0.6 is 7.14 Å². The summed E-state index contributed by atoms with van der Waals surface area (Å²) in [6, 6.07) is 23.7. The Kier molecular flexibility index (Phi) is 14.5. The highest BCUT2D eigenvalue weighted by Crippen LogP contribution is 2.42. The van der Waals surface area contributed by atoms with Gasteiger partial charge in [0, 0.05) is 23.2 Å². The minimum atomic E-state index is -3.05. The number of allylic oxidation sites excluding steroid dienone is 2. The average molecular weight is 560 g/mol. The van der Waals surface area contributed by atoms with Crippen LogP contribution in [0.1, 0.15) is 95.5 Å². The summed E-state index contributed by atoms with van der Waals surface area (Å²) in [5.74, 6) is -0.683. The normalized spacial score (nSPS) is 11.7. The first kappa shape index (κ1) is 31.6. The molecule has 0 fully saturated rings. The van der Waals surface area contributed by atoms with E-state index in [1.807, 2.05) is 66.7 Å². The maximum atomic E-state index is 14.7. The van der Waals surface area contributed by atoms with Crippen molar-refractivity contribution in [2.45, 2.75) is 96.3 Å². The number of aliphatic carboxylic acids is 1. The van der Waals surface area contributed by atoms with E-state index in [9.17, 15) is 9.36 Å². The first-order valence-corrected chi connectivity index (χ1v) is 16.9. The van der Waals surface area contributed by atoms with Gasteiger partial charge in [0.2, 0.25) is 0 Å². The predicted octanol–water partition coefficient (Wildman–Crippen LogP) is 8.37. The van der Waals surface area contributed by atoms with E-state index in [4.69, 9.17) is 10.1 Å². The number of carbonyl (C=O) groups is 1. The smallest absolute Gasteiger partial charge is 0.303 e. The molecule has 5 heteroatoms. The van der Waals surface area contributed by atoms with Gasteiger partial charge in [-0.2, -0.15) is 0 Å². The zero-order valence-corrected chi connectivity index (χ0v) is 24.8. The molecule has 4 nitrogen and oxygen atoms in total. The van der Waals surface area contributed by atoms with Crippen LogP contribution in [0.2, 0.25) is 0 Å². The molecule has 1 N–H and O–H groups in total. The van der Waals surface area contributed by atoms with Gasteiger partial charge in [0.25, 0.3) is 0 Å². The van der Waals surface area contributed by atoms with Crippen molar-refractivity contribution in [1.29, 1.82) is 0 Å². The molecular formula is C35H46NO3P. The molecule has 0 atom stereocenters. The van der Waals surface area contributed by atoms with Crippen LogP contribution < -0.4 is 16.0 Å². The number of pyridine rings is 1. The van der Waals surface area contributed by atoms with Crippen LogP contribution in [0.4, 0.5) is 0 Å². The molecule has 214 valence electrons. The zero-order chi connectivity index (χ0) is 28.3. The molecule has 0 bridgehead atoms. The standard InChI is InChI=1S/C35H46NO3P/c37-34(38)29-21-13-11-9-7-5-3-1-2-4-6-8-10-12-16-23-31-24-22-30-36-35(31)40(39,32-25-17-14-18-26-32)33-27-19-15-20-28-33/h1,3,14-15,17-20,22,24-28,30H,2,4-13,16,21,23,29H2,(H,37,38)/b3-1-. The lowest BCUT2D eigenvalue weighted by atomic mass is 10.1. The molecule has 0 radical (unpaired) electrons. The Bertz CT molecular complexity index is 1150. The van der Waals surface area contributed by atoms with E-state index in [0.29, 0.717) is 6.42 Å². The Morgan fingerprint density at radius 2 is 1.15 bits per heavy atom. The van der Waals surface area contributed by atoms with Crippen LogP contribution in [0.5, 0.6) is 0 Å². The van der Waals surface area contributed by atoms with Crippen molar-refractivity contribution in [3.63, 3.8) is 0 Å². The minimum Gasteiger partial charge on any atom is -0.481 e. The summed E-state index contributed by atoms with van der Waals surface area (Å²) < 4.78 is 14.7. The van der Waals surface area contributed by atoms with Gasteiger partial charge < -0.3 is 9.67 Å². The number of carboxylic acid groups (broad SMARTS) is 1. The van der Waals surface area contributed by atoms with E-state index >= 15 is 0 Å². The van der Waals surface area contributed by atoms with Crippen LogP contribution in [-0.2, 0) is 15.8 Å². The second-order valence-electron chi connectivity index (χ2n) is 10.6. The van der Waals surface area contributed by atoms with Crippen LogP contribution in [0.25, 0.3) is 0 Å². The molecule has 2 aromatic carbocycles. The number of nitrogens with zero attached hydrogens (tertiary/aromatic N) is 1. The summed E-state index contributed by atoms with van der Waals surface area (Å²) in [7, 11) is -3.05. The van der Waals surface area contributed by atoms with Gasteiger partial charge in [-0.15, -0.1) is 0 Å². The Labute approximate surface area is 241 Å². The number of benzene rings is 2. The van der Waals surface area contributed by atoms with Gasteiger partial charge in [-0.25, -0.2) is 0 Å². The van der Waals surface area contributed by atoms with Gasteiger partial charge in [0.1, 0.15) is 5.44 Å². The number of hydrogen-bond donors (Lipinski definition) is 1. The second-order valence-corrected chi connectivity index (χ2v) is 13.3. The van der Waals surface area contributed by atoms with Gasteiger partial charge in [-0.1, -0.05) is 124 Å². The molecule has 0 amide bonds. The molecule has 0 saturated carbocycles. The SMILES string of the molecule is O=C(O)CCCCCCC/C=C\CCCCCCCCc1cccnc1P(=O)(c1ccccc1)c1ccccc1. The van der Waals surface area contributed by atoms with Gasteiger partial charge in [-0.05, 0) is 56.6 Å². The van der Waals surface area contributed by atoms with E-state index < -0.39 is 13.1 Å². The fourth-order valence-electron chi connectivity index (χ4n) is 5.17. The summed E-state index contributed by atoms with van der Waals surface area (Å²) >= 11 is 0. The van der Waals surface area contributed by atoms with Crippen molar-refractivity contribution in [3.8, 4) is 0 Å². The van der Waals surface area contributed by atoms with Gasteiger partial charge in [0.15, 0.2) is 7.14 Å². The number of aromatic nitrogens is 1. The maximum absolute atomic E-state index is 14.7. The fourth-order valence-corrected chi connectivity index (χ4v) is 7.96. The topological polar surface area (TPSA) is 67.3 Å². The molecule has 0 aliphatic rings. The molecule has 0 spiro atoms. The highest BCUT2D eigenvalue weighted by atomic mass is 31.2. The Balaban J connectivity index is 1.36. The monoisotopic (exact) mass is 559 g/mol. The van der Waals surface area contributed by atoms with Crippen molar-refractivity contribution in [1.82, 2.24) is 4.98 Å². The third-order valence-corrected chi connectivity index (χ3v) is 10.5. The van der Waals surface area contributed by atoms with Crippen LogP contribution in [-0.4, -0.2) is 16.1 Å².